The van der Waals surface area contributed by atoms with E-state index in [0.29, 0.717) is 12.2 Å². The number of hydrogen-bond acceptors (Lipinski definition) is 4. The first-order chi connectivity index (χ1) is 9.96. The fourth-order valence-electron chi connectivity index (χ4n) is 1.85. The summed E-state index contributed by atoms with van der Waals surface area (Å²) in [7, 11) is 1.53. The van der Waals surface area contributed by atoms with Gasteiger partial charge in [-0.3, -0.25) is 4.79 Å². The molecule has 1 aromatic rings. The summed E-state index contributed by atoms with van der Waals surface area (Å²) in [6.45, 7) is 2.17. The van der Waals surface area contributed by atoms with Crippen molar-refractivity contribution in [3.63, 3.8) is 0 Å². The number of amides is 3. The number of methoxy groups -OCH3 is 1. The lowest BCUT2D eigenvalue weighted by Crippen LogP contribution is -2.33. The van der Waals surface area contributed by atoms with Gasteiger partial charge in [0.15, 0.2) is 0 Å². The SMILES string of the molecule is COC(CN)CC(=O)NC(C)c1ccc(NC(N)=O)cc1.Cl. The van der Waals surface area contributed by atoms with Crippen LogP contribution in [0, 0.1) is 0 Å². The molecule has 7 nitrogen and oxygen atoms in total. The first-order valence-corrected chi connectivity index (χ1v) is 6.65. The van der Waals surface area contributed by atoms with Gasteiger partial charge >= 0.3 is 6.03 Å². The molecule has 22 heavy (non-hydrogen) atoms. The predicted molar refractivity (Wildman–Crippen MR) is 87.9 cm³/mol. The molecule has 0 saturated carbocycles. The molecule has 0 aliphatic heterocycles. The van der Waals surface area contributed by atoms with Crippen LogP contribution in [0.15, 0.2) is 24.3 Å². The van der Waals surface area contributed by atoms with E-state index in [1.165, 1.54) is 7.11 Å². The van der Waals surface area contributed by atoms with Crippen molar-refractivity contribution in [2.45, 2.75) is 25.5 Å². The van der Waals surface area contributed by atoms with Crippen molar-refractivity contribution in [3.8, 4) is 0 Å². The largest absolute Gasteiger partial charge is 0.380 e. The first-order valence-electron chi connectivity index (χ1n) is 6.65. The molecular weight excluding hydrogens is 308 g/mol. The number of nitrogens with two attached hydrogens (primary N) is 2. The van der Waals surface area contributed by atoms with Crippen molar-refractivity contribution < 1.29 is 14.3 Å². The van der Waals surface area contributed by atoms with Crippen LogP contribution in [0.4, 0.5) is 10.5 Å². The number of hydrogen-bond donors (Lipinski definition) is 4. The van der Waals surface area contributed by atoms with E-state index >= 15 is 0 Å². The molecule has 8 heteroatoms. The third-order valence-electron chi connectivity index (χ3n) is 3.07. The van der Waals surface area contributed by atoms with Gasteiger partial charge in [0.05, 0.1) is 18.6 Å². The average Bonchev–Trinajstić information content (AvgIpc) is 2.44. The number of halogens is 1. The number of carbonyl (C=O) groups excluding carboxylic acids is 2. The van der Waals surface area contributed by atoms with Gasteiger partial charge in [0.25, 0.3) is 0 Å². The van der Waals surface area contributed by atoms with Crippen LogP contribution < -0.4 is 22.1 Å². The summed E-state index contributed by atoms with van der Waals surface area (Å²) in [5.41, 5.74) is 12.0. The van der Waals surface area contributed by atoms with Crippen molar-refractivity contribution in [2.75, 3.05) is 19.0 Å². The lowest BCUT2D eigenvalue weighted by atomic mass is 10.1. The van der Waals surface area contributed by atoms with E-state index in [-0.39, 0.29) is 36.9 Å². The summed E-state index contributed by atoms with van der Waals surface area (Å²) in [4.78, 5) is 22.6. The topological polar surface area (TPSA) is 119 Å². The van der Waals surface area contributed by atoms with Gasteiger partial charge in [-0.05, 0) is 24.6 Å². The molecule has 0 heterocycles. The Morgan fingerprint density at radius 2 is 1.86 bits per heavy atom. The number of nitrogens with one attached hydrogen (secondary N) is 2. The van der Waals surface area contributed by atoms with Crippen molar-refractivity contribution in [1.82, 2.24) is 5.32 Å². The van der Waals surface area contributed by atoms with Crippen LogP contribution >= 0.6 is 12.4 Å². The van der Waals surface area contributed by atoms with Gasteiger partial charge in [0.2, 0.25) is 5.91 Å². The zero-order valence-electron chi connectivity index (χ0n) is 12.7. The molecule has 2 unspecified atom stereocenters. The lowest BCUT2D eigenvalue weighted by molar-refractivity contribution is -0.124. The average molecular weight is 331 g/mol. The highest BCUT2D eigenvalue weighted by atomic mass is 35.5. The van der Waals surface area contributed by atoms with Gasteiger partial charge < -0.3 is 26.8 Å². The molecule has 0 radical (unpaired) electrons. The van der Waals surface area contributed by atoms with Gasteiger partial charge in [0, 0.05) is 19.3 Å². The molecule has 1 aromatic carbocycles. The monoisotopic (exact) mass is 330 g/mol. The van der Waals surface area contributed by atoms with Gasteiger partial charge in [0.1, 0.15) is 0 Å². The molecule has 1 rings (SSSR count). The molecule has 0 fully saturated rings. The maximum atomic E-state index is 11.8. The molecule has 3 amide bonds. The van der Waals surface area contributed by atoms with E-state index in [9.17, 15) is 9.59 Å². The Bertz CT molecular complexity index is 477. The van der Waals surface area contributed by atoms with E-state index in [2.05, 4.69) is 10.6 Å². The smallest absolute Gasteiger partial charge is 0.316 e. The number of rotatable bonds is 7. The number of anilines is 1. The highest BCUT2D eigenvalue weighted by Crippen LogP contribution is 2.16. The van der Waals surface area contributed by atoms with Crippen LogP contribution in [-0.4, -0.2) is 31.7 Å². The second-order valence-electron chi connectivity index (χ2n) is 4.70. The Morgan fingerprint density at radius 1 is 1.27 bits per heavy atom. The van der Waals surface area contributed by atoms with Crippen LogP contribution in [0.3, 0.4) is 0 Å². The van der Waals surface area contributed by atoms with Crippen LogP contribution in [0.25, 0.3) is 0 Å². The standard InChI is InChI=1S/C14H22N4O3.ClH/c1-9(17-13(19)7-12(8-15)21-2)10-3-5-11(6-4-10)18-14(16)20;/h3-6,9,12H,7-8,15H2,1-2H3,(H,17,19)(H3,16,18,20);1H. The third-order valence-corrected chi connectivity index (χ3v) is 3.07. The maximum Gasteiger partial charge on any atom is 0.316 e. The van der Waals surface area contributed by atoms with Crippen LogP contribution in [0.5, 0.6) is 0 Å². The van der Waals surface area contributed by atoms with Crippen molar-refractivity contribution in [2.24, 2.45) is 11.5 Å². The zero-order chi connectivity index (χ0) is 15.8. The van der Waals surface area contributed by atoms with Crippen LogP contribution in [0.2, 0.25) is 0 Å². The maximum absolute atomic E-state index is 11.8. The highest BCUT2D eigenvalue weighted by molar-refractivity contribution is 5.87. The van der Waals surface area contributed by atoms with Crippen molar-refractivity contribution in [3.05, 3.63) is 29.8 Å². The molecule has 124 valence electrons. The fraction of sp³-hybridized carbons (Fsp3) is 0.429. The summed E-state index contributed by atoms with van der Waals surface area (Å²) in [6, 6.07) is 6.30. The van der Waals surface area contributed by atoms with Gasteiger partial charge in [-0.25, -0.2) is 4.79 Å². The second-order valence-corrected chi connectivity index (χ2v) is 4.70. The van der Waals surface area contributed by atoms with E-state index in [1.807, 2.05) is 19.1 Å². The summed E-state index contributed by atoms with van der Waals surface area (Å²) in [5, 5.41) is 5.34. The lowest BCUT2D eigenvalue weighted by Gasteiger charge is -2.17. The van der Waals surface area contributed by atoms with E-state index in [4.69, 9.17) is 16.2 Å². The van der Waals surface area contributed by atoms with Gasteiger partial charge in [-0.2, -0.15) is 0 Å². The van der Waals surface area contributed by atoms with Crippen LogP contribution in [-0.2, 0) is 9.53 Å². The van der Waals surface area contributed by atoms with Crippen LogP contribution in [0.1, 0.15) is 24.9 Å². The quantitative estimate of drug-likeness (QED) is 0.599. The molecule has 0 aliphatic carbocycles. The Labute approximate surface area is 136 Å². The van der Waals surface area contributed by atoms with Crippen molar-refractivity contribution >= 4 is 30.0 Å². The first kappa shape index (κ1) is 20.2. The minimum atomic E-state index is -0.614. The summed E-state index contributed by atoms with van der Waals surface area (Å²) in [5.74, 6) is -0.126. The predicted octanol–water partition coefficient (Wildman–Crippen LogP) is 1.14. The summed E-state index contributed by atoms with van der Waals surface area (Å²) in [6.07, 6.45) is -0.0575. The molecule has 0 aliphatic rings. The third kappa shape index (κ3) is 6.75. The molecule has 6 N–H and O–H groups in total. The highest BCUT2D eigenvalue weighted by Gasteiger charge is 2.14. The number of ether oxygens (including phenoxy) is 1. The van der Waals surface area contributed by atoms with E-state index < -0.39 is 6.03 Å². The molecule has 0 saturated heterocycles. The number of urea groups is 1. The number of primary amides is 1. The Morgan fingerprint density at radius 3 is 2.32 bits per heavy atom. The Kier molecular flexibility index (Phi) is 9.16. The normalized spacial score (nSPS) is 12.7. The van der Waals surface area contributed by atoms with Gasteiger partial charge in [-0.1, -0.05) is 12.1 Å². The minimum absolute atomic E-state index is 0. The summed E-state index contributed by atoms with van der Waals surface area (Å²) < 4.78 is 5.07. The number of benzene rings is 1. The zero-order valence-corrected chi connectivity index (χ0v) is 13.5. The Balaban J connectivity index is 0.00000441. The molecular formula is C14H23ClN4O3. The second kappa shape index (κ2) is 9.99. The molecule has 0 aromatic heterocycles. The Hall–Kier alpha value is -1.83. The van der Waals surface area contributed by atoms with Crippen molar-refractivity contribution in [1.29, 1.82) is 0 Å². The minimum Gasteiger partial charge on any atom is -0.380 e. The van der Waals surface area contributed by atoms with Gasteiger partial charge in [-0.15, -0.1) is 12.4 Å². The molecule has 0 bridgehead atoms. The van der Waals surface area contributed by atoms with E-state index in [0.717, 1.165) is 5.56 Å². The number of carbonyl (C=O) groups is 2. The summed E-state index contributed by atoms with van der Waals surface area (Å²) >= 11 is 0. The molecule has 2 atom stereocenters. The van der Waals surface area contributed by atoms with E-state index in [1.54, 1.807) is 12.1 Å². The fourth-order valence-corrected chi connectivity index (χ4v) is 1.85. The molecule has 0 spiro atoms.